The number of ether oxygens (including phenoxy) is 1. The second-order valence-electron chi connectivity index (χ2n) is 6.02. The van der Waals surface area contributed by atoms with Crippen molar-refractivity contribution in [2.75, 3.05) is 13.7 Å². The number of carboxylic acid groups (broad SMARTS) is 1. The molecular weight excluding hydrogens is 325 g/mol. The summed E-state index contributed by atoms with van der Waals surface area (Å²) in [5.74, 6) is -1.47. The van der Waals surface area contributed by atoms with Crippen LogP contribution in [0.3, 0.4) is 0 Å². The van der Waals surface area contributed by atoms with E-state index in [-0.39, 0.29) is 28.9 Å². The van der Waals surface area contributed by atoms with E-state index in [2.05, 4.69) is 0 Å². The van der Waals surface area contributed by atoms with Gasteiger partial charge in [0.2, 0.25) is 0 Å². The predicted molar refractivity (Wildman–Crippen MR) is 89.5 cm³/mol. The van der Waals surface area contributed by atoms with E-state index < -0.39 is 5.97 Å². The monoisotopic (exact) mass is 343 g/mol. The maximum atomic E-state index is 13.6. The van der Waals surface area contributed by atoms with Gasteiger partial charge in [0.1, 0.15) is 11.6 Å². The Morgan fingerprint density at radius 1 is 1.20 bits per heavy atom. The van der Waals surface area contributed by atoms with Crippen molar-refractivity contribution in [2.24, 2.45) is 0 Å². The summed E-state index contributed by atoms with van der Waals surface area (Å²) >= 11 is 0. The molecule has 1 atom stereocenters. The Bertz CT molecular complexity index is 849. The van der Waals surface area contributed by atoms with Gasteiger partial charge in [0.25, 0.3) is 5.91 Å². The number of carbonyl (C=O) groups excluding carboxylic acids is 1. The number of halogens is 1. The lowest BCUT2D eigenvalue weighted by molar-refractivity contribution is 0.0677. The van der Waals surface area contributed by atoms with Crippen LogP contribution < -0.4 is 4.74 Å². The van der Waals surface area contributed by atoms with E-state index in [0.717, 1.165) is 11.1 Å². The maximum absolute atomic E-state index is 13.6. The van der Waals surface area contributed by atoms with E-state index >= 15 is 0 Å². The molecule has 25 heavy (non-hydrogen) atoms. The second kappa shape index (κ2) is 6.55. The van der Waals surface area contributed by atoms with Gasteiger partial charge in [0, 0.05) is 12.1 Å². The molecule has 2 aromatic rings. The normalized spacial score (nSPS) is 16.3. The molecule has 3 rings (SSSR count). The number of amides is 1. The van der Waals surface area contributed by atoms with Crippen LogP contribution in [0.15, 0.2) is 36.4 Å². The number of hydrogen-bond acceptors (Lipinski definition) is 3. The third-order valence-electron chi connectivity index (χ3n) is 4.54. The predicted octanol–water partition coefficient (Wildman–Crippen LogP) is 3.29. The summed E-state index contributed by atoms with van der Waals surface area (Å²) in [4.78, 5) is 25.8. The van der Waals surface area contributed by atoms with E-state index in [1.807, 2.05) is 6.92 Å². The molecule has 1 aliphatic heterocycles. The highest BCUT2D eigenvalue weighted by Crippen LogP contribution is 2.31. The Hall–Kier alpha value is -2.89. The second-order valence-corrected chi connectivity index (χ2v) is 6.02. The first-order chi connectivity index (χ1) is 11.9. The highest BCUT2D eigenvalue weighted by Gasteiger charge is 2.29. The molecule has 0 radical (unpaired) electrons. The Balaban J connectivity index is 1.96. The molecule has 1 aliphatic rings. The van der Waals surface area contributed by atoms with Crippen LogP contribution in [-0.4, -0.2) is 35.5 Å². The number of nitrogens with zero attached hydrogens (tertiary/aromatic N) is 1. The number of carboxylic acids is 1. The van der Waals surface area contributed by atoms with Crippen LogP contribution in [0.1, 0.15) is 44.8 Å². The highest BCUT2D eigenvalue weighted by atomic mass is 19.1. The van der Waals surface area contributed by atoms with Gasteiger partial charge in [-0.05, 0) is 54.8 Å². The van der Waals surface area contributed by atoms with Crippen LogP contribution in [0.5, 0.6) is 5.75 Å². The Kier molecular flexibility index (Phi) is 4.44. The van der Waals surface area contributed by atoms with E-state index in [1.54, 1.807) is 11.0 Å². The van der Waals surface area contributed by atoms with Gasteiger partial charge in [-0.3, -0.25) is 4.79 Å². The van der Waals surface area contributed by atoms with Crippen molar-refractivity contribution in [2.45, 2.75) is 19.4 Å². The van der Waals surface area contributed by atoms with Gasteiger partial charge < -0.3 is 14.7 Å². The minimum absolute atomic E-state index is 0.0150. The largest absolute Gasteiger partial charge is 0.497 e. The molecule has 1 unspecified atom stereocenters. The number of fused-ring (bicyclic) bond motifs is 1. The van der Waals surface area contributed by atoms with E-state index in [1.165, 1.54) is 37.4 Å². The molecule has 1 N–H and O–H groups in total. The molecule has 0 spiro atoms. The van der Waals surface area contributed by atoms with Crippen LogP contribution in [0.4, 0.5) is 4.39 Å². The van der Waals surface area contributed by atoms with Gasteiger partial charge in [-0.2, -0.15) is 0 Å². The third-order valence-corrected chi connectivity index (χ3v) is 4.54. The van der Waals surface area contributed by atoms with Crippen molar-refractivity contribution >= 4 is 11.9 Å². The Morgan fingerprint density at radius 3 is 2.60 bits per heavy atom. The summed E-state index contributed by atoms with van der Waals surface area (Å²) in [5, 5.41) is 9.21. The number of benzene rings is 2. The van der Waals surface area contributed by atoms with Gasteiger partial charge in [-0.15, -0.1) is 0 Å². The lowest BCUT2D eigenvalue weighted by atomic mass is 9.92. The molecule has 1 amide bonds. The number of hydrogen-bond donors (Lipinski definition) is 1. The number of rotatable bonds is 3. The van der Waals surface area contributed by atoms with Crippen LogP contribution in [0.2, 0.25) is 0 Å². The summed E-state index contributed by atoms with van der Waals surface area (Å²) in [6.45, 7) is 2.33. The molecule has 6 heteroatoms. The number of aromatic carboxylic acids is 1. The SMILES string of the molecule is COc1cc(C(=O)O)cc(C(=O)N2CCc3ccc(F)cc3C2C)c1. The van der Waals surface area contributed by atoms with Crippen molar-refractivity contribution in [1.82, 2.24) is 4.90 Å². The Labute approximate surface area is 144 Å². The molecule has 5 nitrogen and oxygen atoms in total. The van der Waals surface area contributed by atoms with E-state index in [0.29, 0.717) is 18.7 Å². The molecular formula is C19H18FNO4. The zero-order valence-corrected chi connectivity index (χ0v) is 14.0. The van der Waals surface area contributed by atoms with Gasteiger partial charge in [-0.1, -0.05) is 6.07 Å². The van der Waals surface area contributed by atoms with Crippen LogP contribution >= 0.6 is 0 Å². The van der Waals surface area contributed by atoms with Gasteiger partial charge in [0.05, 0.1) is 18.7 Å². The first kappa shape index (κ1) is 17.0. The third kappa shape index (κ3) is 3.20. The summed E-state index contributed by atoms with van der Waals surface area (Å²) in [5.41, 5.74) is 2.03. The minimum Gasteiger partial charge on any atom is -0.497 e. The van der Waals surface area contributed by atoms with E-state index in [4.69, 9.17) is 4.74 Å². The van der Waals surface area contributed by atoms with Gasteiger partial charge in [-0.25, -0.2) is 9.18 Å². The molecule has 0 aromatic heterocycles. The average molecular weight is 343 g/mol. The number of methoxy groups -OCH3 is 1. The molecule has 130 valence electrons. The zero-order chi connectivity index (χ0) is 18.1. The van der Waals surface area contributed by atoms with Crippen molar-refractivity contribution in [3.63, 3.8) is 0 Å². The minimum atomic E-state index is -1.13. The fourth-order valence-electron chi connectivity index (χ4n) is 3.19. The van der Waals surface area contributed by atoms with Crippen molar-refractivity contribution < 1.29 is 23.8 Å². The van der Waals surface area contributed by atoms with Crippen molar-refractivity contribution in [3.05, 3.63) is 64.5 Å². The highest BCUT2D eigenvalue weighted by molar-refractivity contribution is 5.98. The lowest BCUT2D eigenvalue weighted by Crippen LogP contribution is -2.39. The fraction of sp³-hybridized carbons (Fsp3) is 0.263. The molecule has 0 bridgehead atoms. The molecule has 0 saturated heterocycles. The quantitative estimate of drug-likeness (QED) is 0.929. The molecule has 0 saturated carbocycles. The molecule has 2 aromatic carbocycles. The summed E-state index contributed by atoms with van der Waals surface area (Å²) in [7, 11) is 1.41. The summed E-state index contributed by atoms with van der Waals surface area (Å²) in [6, 6.07) is 8.54. The maximum Gasteiger partial charge on any atom is 0.335 e. The molecule has 0 fully saturated rings. The van der Waals surface area contributed by atoms with Crippen LogP contribution in [0, 0.1) is 5.82 Å². The van der Waals surface area contributed by atoms with Crippen LogP contribution in [-0.2, 0) is 6.42 Å². The van der Waals surface area contributed by atoms with Crippen LogP contribution in [0.25, 0.3) is 0 Å². The first-order valence-electron chi connectivity index (χ1n) is 7.92. The zero-order valence-electron chi connectivity index (χ0n) is 14.0. The Morgan fingerprint density at radius 2 is 1.92 bits per heavy atom. The number of carbonyl (C=O) groups is 2. The topological polar surface area (TPSA) is 66.8 Å². The van der Waals surface area contributed by atoms with Gasteiger partial charge >= 0.3 is 5.97 Å². The standard InChI is InChI=1S/C19H18FNO4/c1-11-17-10-15(20)4-3-12(17)5-6-21(11)18(22)13-7-14(19(23)24)9-16(8-13)25-2/h3-4,7-11H,5-6H2,1-2H3,(H,23,24). The van der Waals surface area contributed by atoms with Crippen molar-refractivity contribution in [1.29, 1.82) is 0 Å². The van der Waals surface area contributed by atoms with E-state index in [9.17, 15) is 19.1 Å². The average Bonchev–Trinajstić information content (AvgIpc) is 2.61. The van der Waals surface area contributed by atoms with Crippen molar-refractivity contribution in [3.8, 4) is 5.75 Å². The molecule has 1 heterocycles. The molecule has 0 aliphatic carbocycles. The smallest absolute Gasteiger partial charge is 0.335 e. The summed E-state index contributed by atoms with van der Waals surface area (Å²) < 4.78 is 18.7. The first-order valence-corrected chi connectivity index (χ1v) is 7.92. The van der Waals surface area contributed by atoms with Gasteiger partial charge in [0.15, 0.2) is 0 Å². The fourth-order valence-corrected chi connectivity index (χ4v) is 3.19. The lowest BCUT2D eigenvalue weighted by Gasteiger charge is -2.35. The summed E-state index contributed by atoms with van der Waals surface area (Å²) in [6.07, 6.45) is 0.626.